The molecule has 2 aromatic rings. The summed E-state index contributed by atoms with van der Waals surface area (Å²) >= 11 is 0. The van der Waals surface area contributed by atoms with Gasteiger partial charge < -0.3 is 19.8 Å². The number of rotatable bonds is 5. The van der Waals surface area contributed by atoms with Crippen LogP contribution in [0.2, 0.25) is 0 Å². The van der Waals surface area contributed by atoms with Crippen LogP contribution in [0.25, 0.3) is 11.3 Å². The van der Waals surface area contributed by atoms with Crippen LogP contribution in [-0.2, 0) is 6.54 Å². The van der Waals surface area contributed by atoms with E-state index in [1.54, 1.807) is 14.2 Å². The van der Waals surface area contributed by atoms with Crippen molar-refractivity contribution in [2.45, 2.75) is 33.2 Å². The van der Waals surface area contributed by atoms with E-state index in [-0.39, 0.29) is 0 Å². The summed E-state index contributed by atoms with van der Waals surface area (Å²) in [6.07, 6.45) is 0. The van der Waals surface area contributed by atoms with E-state index >= 15 is 0 Å². The Morgan fingerprint density at radius 2 is 1.95 bits per heavy atom. The fourth-order valence-corrected chi connectivity index (χ4v) is 2.45. The molecule has 114 valence electrons. The number of benzene rings is 1. The molecule has 0 aliphatic carbocycles. The van der Waals surface area contributed by atoms with E-state index < -0.39 is 0 Å². The minimum atomic E-state index is 0.310. The highest BCUT2D eigenvalue weighted by molar-refractivity contribution is 5.77. The van der Waals surface area contributed by atoms with E-state index in [1.807, 2.05) is 22.8 Å². The third-order valence-electron chi connectivity index (χ3n) is 3.53. The molecule has 0 unspecified atom stereocenters. The second-order valence-corrected chi connectivity index (χ2v) is 5.17. The minimum absolute atomic E-state index is 0.310. The number of aromatic nitrogens is 2. The van der Waals surface area contributed by atoms with Crippen molar-refractivity contribution < 1.29 is 9.47 Å². The van der Waals surface area contributed by atoms with E-state index in [2.05, 4.69) is 20.8 Å². The van der Waals surface area contributed by atoms with Gasteiger partial charge in [0.05, 0.1) is 14.2 Å². The van der Waals surface area contributed by atoms with Gasteiger partial charge in [0.25, 0.3) is 0 Å². The van der Waals surface area contributed by atoms with Crippen molar-refractivity contribution in [3.05, 3.63) is 24.0 Å². The first-order valence-electron chi connectivity index (χ1n) is 7.11. The normalized spacial score (nSPS) is 11.0. The lowest BCUT2D eigenvalue weighted by Crippen LogP contribution is -2.06. The molecule has 0 saturated carbocycles. The van der Waals surface area contributed by atoms with Crippen molar-refractivity contribution in [1.82, 2.24) is 9.55 Å². The molecule has 0 spiro atoms. The van der Waals surface area contributed by atoms with Crippen LogP contribution in [0, 0.1) is 0 Å². The Kier molecular flexibility index (Phi) is 4.40. The molecule has 0 aliphatic heterocycles. The molecule has 0 aliphatic rings. The van der Waals surface area contributed by atoms with Crippen LogP contribution >= 0.6 is 0 Å². The Morgan fingerprint density at radius 3 is 2.43 bits per heavy atom. The summed E-state index contributed by atoms with van der Waals surface area (Å²) in [4.78, 5) is 4.73. The van der Waals surface area contributed by atoms with Crippen LogP contribution in [-0.4, -0.2) is 23.8 Å². The third-order valence-corrected chi connectivity index (χ3v) is 3.53. The zero-order valence-electron chi connectivity index (χ0n) is 13.3. The summed E-state index contributed by atoms with van der Waals surface area (Å²) in [5, 5.41) is 0. The van der Waals surface area contributed by atoms with Gasteiger partial charge in [0.1, 0.15) is 28.8 Å². The van der Waals surface area contributed by atoms with Crippen LogP contribution in [0.1, 0.15) is 32.5 Å². The molecule has 2 rings (SSSR count). The van der Waals surface area contributed by atoms with Crippen molar-refractivity contribution in [2.24, 2.45) is 0 Å². The zero-order chi connectivity index (χ0) is 15.6. The number of imidazole rings is 1. The van der Waals surface area contributed by atoms with Crippen LogP contribution < -0.4 is 15.2 Å². The minimum Gasteiger partial charge on any atom is -0.497 e. The van der Waals surface area contributed by atoms with Gasteiger partial charge in [-0.3, -0.25) is 0 Å². The number of ether oxygens (including phenoxy) is 2. The topological polar surface area (TPSA) is 62.3 Å². The van der Waals surface area contributed by atoms with Gasteiger partial charge in [-0.1, -0.05) is 13.8 Å². The maximum atomic E-state index is 6.29. The molecular formula is C16H23N3O2. The van der Waals surface area contributed by atoms with Gasteiger partial charge >= 0.3 is 0 Å². The molecule has 0 amide bonds. The summed E-state index contributed by atoms with van der Waals surface area (Å²) in [5.74, 6) is 3.42. The van der Waals surface area contributed by atoms with E-state index in [9.17, 15) is 0 Å². The van der Waals surface area contributed by atoms with E-state index in [0.717, 1.165) is 29.4 Å². The molecular weight excluding hydrogens is 266 g/mol. The standard InChI is InChI=1S/C16H23N3O2/c1-6-19-15(17)14(18-16(19)10(2)3)12-8-7-11(20-4)9-13(12)21-5/h7-10H,6,17H2,1-5H3. The molecule has 2 N–H and O–H groups in total. The SMILES string of the molecule is CCn1c(C(C)C)nc(-c2ccc(OC)cc2OC)c1N. The lowest BCUT2D eigenvalue weighted by atomic mass is 10.1. The maximum Gasteiger partial charge on any atom is 0.132 e. The molecule has 21 heavy (non-hydrogen) atoms. The molecule has 0 saturated heterocycles. The first-order valence-corrected chi connectivity index (χ1v) is 7.11. The van der Waals surface area contributed by atoms with Crippen molar-refractivity contribution in [3.63, 3.8) is 0 Å². The lowest BCUT2D eigenvalue weighted by Gasteiger charge is -2.10. The number of hydrogen-bond donors (Lipinski definition) is 1. The molecule has 0 radical (unpaired) electrons. The number of methoxy groups -OCH3 is 2. The van der Waals surface area contributed by atoms with Gasteiger partial charge in [0, 0.05) is 24.1 Å². The quantitative estimate of drug-likeness (QED) is 0.917. The van der Waals surface area contributed by atoms with Crippen molar-refractivity contribution in [1.29, 1.82) is 0 Å². The van der Waals surface area contributed by atoms with Crippen LogP contribution in [0.3, 0.4) is 0 Å². The lowest BCUT2D eigenvalue weighted by molar-refractivity contribution is 0.395. The van der Waals surface area contributed by atoms with Gasteiger partial charge in [-0.15, -0.1) is 0 Å². The zero-order valence-corrected chi connectivity index (χ0v) is 13.3. The van der Waals surface area contributed by atoms with Gasteiger partial charge in [-0.2, -0.15) is 0 Å². The summed E-state index contributed by atoms with van der Waals surface area (Å²) in [6, 6.07) is 5.66. The predicted molar refractivity (Wildman–Crippen MR) is 84.9 cm³/mol. The van der Waals surface area contributed by atoms with Crippen LogP contribution in [0.5, 0.6) is 11.5 Å². The Labute approximate surface area is 125 Å². The highest BCUT2D eigenvalue weighted by Gasteiger charge is 2.20. The Bertz CT molecular complexity index is 633. The molecule has 0 bridgehead atoms. The van der Waals surface area contributed by atoms with E-state index in [0.29, 0.717) is 17.5 Å². The molecule has 5 heteroatoms. The number of nitrogens with zero attached hydrogens (tertiary/aromatic N) is 2. The van der Waals surface area contributed by atoms with Gasteiger partial charge in [0.2, 0.25) is 0 Å². The predicted octanol–water partition coefficient (Wildman–Crippen LogP) is 3.29. The van der Waals surface area contributed by atoms with E-state index in [4.69, 9.17) is 20.2 Å². The van der Waals surface area contributed by atoms with Crippen molar-refractivity contribution in [2.75, 3.05) is 20.0 Å². The maximum absolute atomic E-state index is 6.29. The Balaban J connectivity index is 2.62. The molecule has 5 nitrogen and oxygen atoms in total. The highest BCUT2D eigenvalue weighted by Crippen LogP contribution is 2.37. The summed E-state index contributed by atoms with van der Waals surface area (Å²) < 4.78 is 12.7. The second kappa shape index (κ2) is 6.08. The first kappa shape index (κ1) is 15.2. The van der Waals surface area contributed by atoms with Crippen LogP contribution in [0.15, 0.2) is 18.2 Å². The summed E-state index contributed by atoms with van der Waals surface area (Å²) in [6.45, 7) is 7.09. The van der Waals surface area contributed by atoms with Gasteiger partial charge in [-0.25, -0.2) is 4.98 Å². The van der Waals surface area contributed by atoms with E-state index in [1.165, 1.54) is 0 Å². The molecule has 0 fully saturated rings. The fraction of sp³-hybridized carbons (Fsp3) is 0.438. The summed E-state index contributed by atoms with van der Waals surface area (Å²) in [5.41, 5.74) is 7.94. The number of anilines is 1. The third kappa shape index (κ3) is 2.68. The largest absolute Gasteiger partial charge is 0.497 e. The van der Waals surface area contributed by atoms with Gasteiger partial charge in [-0.05, 0) is 19.1 Å². The first-order chi connectivity index (χ1) is 10.0. The number of nitrogens with two attached hydrogens (primary N) is 1. The monoisotopic (exact) mass is 289 g/mol. The molecule has 0 atom stereocenters. The number of hydrogen-bond acceptors (Lipinski definition) is 4. The highest BCUT2D eigenvalue weighted by atomic mass is 16.5. The molecule has 1 aromatic heterocycles. The van der Waals surface area contributed by atoms with Crippen LogP contribution in [0.4, 0.5) is 5.82 Å². The molecule has 1 aromatic carbocycles. The summed E-state index contributed by atoms with van der Waals surface area (Å²) in [7, 11) is 3.26. The smallest absolute Gasteiger partial charge is 0.132 e. The average Bonchev–Trinajstić information content (AvgIpc) is 2.83. The Hall–Kier alpha value is -2.17. The van der Waals surface area contributed by atoms with Crippen molar-refractivity contribution >= 4 is 5.82 Å². The average molecular weight is 289 g/mol. The number of nitrogen functional groups attached to an aromatic ring is 1. The van der Waals surface area contributed by atoms with Crippen molar-refractivity contribution in [3.8, 4) is 22.8 Å². The second-order valence-electron chi connectivity index (χ2n) is 5.17. The van der Waals surface area contributed by atoms with Gasteiger partial charge in [0.15, 0.2) is 0 Å². The fourth-order valence-electron chi connectivity index (χ4n) is 2.45. The Morgan fingerprint density at radius 1 is 1.24 bits per heavy atom. The molecule has 1 heterocycles.